The average molecular weight is 375 g/mol. The largest absolute Gasteiger partial charge is 0.344 e. The molecule has 0 bridgehead atoms. The molecule has 0 unspecified atom stereocenters. The lowest BCUT2D eigenvalue weighted by Gasteiger charge is -2.22. The van der Waals surface area contributed by atoms with Crippen molar-refractivity contribution in [2.45, 2.75) is 53.0 Å². The van der Waals surface area contributed by atoms with Gasteiger partial charge in [-0.3, -0.25) is 14.9 Å². The molecule has 0 spiro atoms. The van der Waals surface area contributed by atoms with Crippen molar-refractivity contribution in [1.82, 2.24) is 15.5 Å². The second kappa shape index (κ2) is 9.43. The molecule has 6 nitrogen and oxygen atoms in total. The predicted molar refractivity (Wildman–Crippen MR) is 105 cm³/mol. The lowest BCUT2D eigenvalue weighted by molar-refractivity contribution is -0.127. The molecule has 1 aromatic heterocycles. The molecule has 0 fully saturated rings. The molecule has 7 heteroatoms. The second-order valence-corrected chi connectivity index (χ2v) is 7.43. The number of benzene rings is 1. The summed E-state index contributed by atoms with van der Waals surface area (Å²) in [7, 11) is 0. The van der Waals surface area contributed by atoms with Crippen molar-refractivity contribution in [1.29, 1.82) is 0 Å². The third kappa shape index (κ3) is 5.36. The van der Waals surface area contributed by atoms with Crippen LogP contribution < -0.4 is 10.6 Å². The van der Waals surface area contributed by atoms with Gasteiger partial charge < -0.3 is 5.32 Å². The summed E-state index contributed by atoms with van der Waals surface area (Å²) in [5.41, 5.74) is 2.13. The molecule has 0 radical (unpaired) electrons. The zero-order valence-electron chi connectivity index (χ0n) is 15.7. The van der Waals surface area contributed by atoms with E-state index in [1.165, 1.54) is 16.9 Å². The summed E-state index contributed by atoms with van der Waals surface area (Å²) >= 11 is 1.32. The fourth-order valence-corrected chi connectivity index (χ4v) is 3.20. The van der Waals surface area contributed by atoms with Crippen molar-refractivity contribution in [3.8, 4) is 10.6 Å². The van der Waals surface area contributed by atoms with E-state index >= 15 is 0 Å². The summed E-state index contributed by atoms with van der Waals surface area (Å²) in [6.07, 6.45) is 1.95. The van der Waals surface area contributed by atoms with Gasteiger partial charge >= 0.3 is 0 Å². The fraction of sp³-hybridized carbons (Fsp3) is 0.474. The summed E-state index contributed by atoms with van der Waals surface area (Å²) in [5.74, 6) is -0.332. The number of nitrogens with zero attached hydrogens (tertiary/aromatic N) is 2. The maximum atomic E-state index is 12.7. The molecule has 2 aromatic rings. The minimum atomic E-state index is -0.578. The third-order valence-corrected chi connectivity index (χ3v) is 5.13. The van der Waals surface area contributed by atoms with Gasteiger partial charge in [-0.05, 0) is 19.3 Å². The zero-order chi connectivity index (χ0) is 19.1. The van der Waals surface area contributed by atoms with Crippen LogP contribution in [-0.4, -0.2) is 28.1 Å². The van der Waals surface area contributed by atoms with Crippen LogP contribution >= 0.6 is 11.3 Å². The highest BCUT2D eigenvalue weighted by Crippen LogP contribution is 2.26. The van der Waals surface area contributed by atoms with Crippen LogP contribution in [0.15, 0.2) is 24.3 Å². The fourth-order valence-electron chi connectivity index (χ4n) is 2.44. The van der Waals surface area contributed by atoms with E-state index in [9.17, 15) is 9.59 Å². The topological polar surface area (TPSA) is 84.0 Å². The standard InChI is InChI=1S/C19H26N4O2S/c1-5-7-15(24)20-16(13(4)6-2)17(25)21-19-23-22-18(26-19)14-10-8-12(3)9-11-14/h8-11,13,16H,5-7H2,1-4H3,(H,20,24)(H,21,23,25)/t13-,16+/m0/s1. The summed E-state index contributed by atoms with van der Waals surface area (Å²) in [4.78, 5) is 24.6. The van der Waals surface area contributed by atoms with Gasteiger partial charge in [0, 0.05) is 12.0 Å². The van der Waals surface area contributed by atoms with Crippen molar-refractivity contribution in [3.63, 3.8) is 0 Å². The third-order valence-electron chi connectivity index (χ3n) is 4.24. The van der Waals surface area contributed by atoms with Crippen LogP contribution in [0.4, 0.5) is 5.13 Å². The highest BCUT2D eigenvalue weighted by Gasteiger charge is 2.26. The minimum Gasteiger partial charge on any atom is -0.344 e. The van der Waals surface area contributed by atoms with E-state index in [4.69, 9.17) is 0 Å². The van der Waals surface area contributed by atoms with Gasteiger partial charge in [-0.15, -0.1) is 10.2 Å². The molecule has 0 saturated carbocycles. The van der Waals surface area contributed by atoms with Gasteiger partial charge in [-0.2, -0.15) is 0 Å². The summed E-state index contributed by atoms with van der Waals surface area (Å²) in [6.45, 7) is 7.91. The molecule has 26 heavy (non-hydrogen) atoms. The quantitative estimate of drug-likeness (QED) is 0.736. The Morgan fingerprint density at radius 1 is 1.15 bits per heavy atom. The van der Waals surface area contributed by atoms with E-state index in [1.54, 1.807) is 0 Å². The van der Waals surface area contributed by atoms with Crippen molar-refractivity contribution < 1.29 is 9.59 Å². The van der Waals surface area contributed by atoms with Gasteiger partial charge in [0.05, 0.1) is 0 Å². The molecule has 2 atom stereocenters. The van der Waals surface area contributed by atoms with E-state index in [0.717, 1.165) is 23.4 Å². The van der Waals surface area contributed by atoms with E-state index in [1.807, 2.05) is 52.0 Å². The van der Waals surface area contributed by atoms with Gasteiger partial charge in [-0.1, -0.05) is 68.4 Å². The van der Waals surface area contributed by atoms with Gasteiger partial charge in [0.2, 0.25) is 16.9 Å². The van der Waals surface area contributed by atoms with Crippen LogP contribution in [0.3, 0.4) is 0 Å². The van der Waals surface area contributed by atoms with E-state index in [0.29, 0.717) is 11.6 Å². The minimum absolute atomic E-state index is 0.0281. The number of amides is 2. The monoisotopic (exact) mass is 374 g/mol. The van der Waals surface area contributed by atoms with Gasteiger partial charge in [0.25, 0.3) is 0 Å². The Hall–Kier alpha value is -2.28. The van der Waals surface area contributed by atoms with E-state index in [-0.39, 0.29) is 17.7 Å². The molecule has 0 aliphatic carbocycles. The number of hydrogen-bond acceptors (Lipinski definition) is 5. The molecule has 0 saturated heterocycles. The van der Waals surface area contributed by atoms with Crippen LogP contribution in [0, 0.1) is 12.8 Å². The van der Waals surface area contributed by atoms with Crippen LogP contribution in [0.25, 0.3) is 10.6 Å². The van der Waals surface area contributed by atoms with E-state index in [2.05, 4.69) is 20.8 Å². The van der Waals surface area contributed by atoms with E-state index < -0.39 is 6.04 Å². The van der Waals surface area contributed by atoms with Crippen molar-refractivity contribution in [3.05, 3.63) is 29.8 Å². The molecule has 1 aromatic carbocycles. The Bertz CT molecular complexity index is 742. The molecule has 0 aliphatic heterocycles. The number of carbonyl (C=O) groups excluding carboxylic acids is 2. The Kier molecular flexibility index (Phi) is 7.26. The first kappa shape index (κ1) is 20.0. The van der Waals surface area contributed by atoms with Gasteiger partial charge in [0.15, 0.2) is 0 Å². The molecular weight excluding hydrogens is 348 g/mol. The summed E-state index contributed by atoms with van der Waals surface area (Å²) < 4.78 is 0. The first-order valence-electron chi connectivity index (χ1n) is 8.95. The normalized spacial score (nSPS) is 13.1. The number of rotatable bonds is 8. The molecule has 140 valence electrons. The average Bonchev–Trinajstić information content (AvgIpc) is 3.08. The smallest absolute Gasteiger partial charge is 0.249 e. The molecule has 2 amide bonds. The van der Waals surface area contributed by atoms with Crippen molar-refractivity contribution in [2.75, 3.05) is 5.32 Å². The highest BCUT2D eigenvalue weighted by atomic mass is 32.1. The molecule has 1 heterocycles. The number of nitrogens with one attached hydrogen (secondary N) is 2. The Morgan fingerprint density at radius 3 is 2.46 bits per heavy atom. The number of anilines is 1. The Morgan fingerprint density at radius 2 is 1.85 bits per heavy atom. The number of hydrogen-bond donors (Lipinski definition) is 2. The Balaban J connectivity index is 2.08. The van der Waals surface area contributed by atoms with Crippen LogP contribution in [0.2, 0.25) is 0 Å². The van der Waals surface area contributed by atoms with Crippen LogP contribution in [0.5, 0.6) is 0 Å². The maximum Gasteiger partial charge on any atom is 0.249 e. The van der Waals surface area contributed by atoms with Crippen LogP contribution in [-0.2, 0) is 9.59 Å². The Labute approximate surface area is 158 Å². The SMILES string of the molecule is CCCC(=O)N[C@@H](C(=O)Nc1nnc(-c2ccc(C)cc2)s1)[C@@H](C)CC. The predicted octanol–water partition coefficient (Wildman–Crippen LogP) is 3.78. The second-order valence-electron chi connectivity index (χ2n) is 6.45. The van der Waals surface area contributed by atoms with Crippen molar-refractivity contribution in [2.24, 2.45) is 5.92 Å². The first-order valence-corrected chi connectivity index (χ1v) is 9.77. The lowest BCUT2D eigenvalue weighted by atomic mass is 9.98. The highest BCUT2D eigenvalue weighted by molar-refractivity contribution is 7.18. The number of aryl methyl sites for hydroxylation is 1. The molecular formula is C19H26N4O2S. The summed E-state index contributed by atoms with van der Waals surface area (Å²) in [6, 6.07) is 7.41. The first-order chi connectivity index (χ1) is 12.4. The molecule has 2 rings (SSSR count). The van der Waals surface area contributed by atoms with Gasteiger partial charge in [-0.25, -0.2) is 0 Å². The number of aromatic nitrogens is 2. The zero-order valence-corrected chi connectivity index (χ0v) is 16.5. The molecule has 0 aliphatic rings. The van der Waals surface area contributed by atoms with Gasteiger partial charge in [0.1, 0.15) is 11.0 Å². The lowest BCUT2D eigenvalue weighted by Crippen LogP contribution is -2.47. The molecule has 2 N–H and O–H groups in total. The maximum absolute atomic E-state index is 12.7. The van der Waals surface area contributed by atoms with Crippen molar-refractivity contribution >= 4 is 28.3 Å². The van der Waals surface area contributed by atoms with Crippen LogP contribution in [0.1, 0.15) is 45.6 Å². The number of carbonyl (C=O) groups is 2. The summed E-state index contributed by atoms with van der Waals surface area (Å²) in [5, 5.41) is 15.0.